The van der Waals surface area contributed by atoms with Gasteiger partial charge in [0.05, 0.1) is 33.3 Å². The van der Waals surface area contributed by atoms with Crippen LogP contribution in [0.2, 0.25) is 0 Å². The smallest absolute Gasteiger partial charge is 0.160 e. The highest BCUT2D eigenvalue weighted by molar-refractivity contribution is 6.32. The molecule has 11 aromatic rings. The Morgan fingerprint density at radius 1 is 0.456 bits per heavy atom. The third-order valence-electron chi connectivity index (χ3n) is 12.2. The first-order valence-electron chi connectivity index (χ1n) is 19.7. The summed E-state index contributed by atoms with van der Waals surface area (Å²) in [5.74, 6) is 0.706. The lowest BCUT2D eigenvalue weighted by atomic mass is 9.81. The number of para-hydroxylation sites is 4. The van der Waals surface area contributed by atoms with E-state index in [2.05, 4.69) is 199 Å². The van der Waals surface area contributed by atoms with Crippen LogP contribution in [0, 0.1) is 0 Å². The SMILES string of the molecule is CC1(C)c2ccccc2-c2c1c1c(c3ccccc3n1-c1ccccc1)c1c2c2ccccc2n1-c1cccc(-c2nc(-c3ccccc3)c3ccccc3n2)c1. The van der Waals surface area contributed by atoms with Crippen LogP contribution >= 0.6 is 0 Å². The fourth-order valence-electron chi connectivity index (χ4n) is 9.87. The van der Waals surface area contributed by atoms with Gasteiger partial charge in [0.15, 0.2) is 5.82 Å². The van der Waals surface area contributed by atoms with E-state index in [0.29, 0.717) is 5.82 Å². The van der Waals surface area contributed by atoms with Crippen molar-refractivity contribution in [2.45, 2.75) is 19.3 Å². The van der Waals surface area contributed by atoms with Crippen molar-refractivity contribution in [1.29, 1.82) is 0 Å². The van der Waals surface area contributed by atoms with Crippen LogP contribution in [0.25, 0.3) is 99.7 Å². The number of fused-ring (bicyclic) bond motifs is 13. The van der Waals surface area contributed by atoms with Gasteiger partial charge in [-0.3, -0.25) is 0 Å². The Balaban J connectivity index is 1.24. The van der Waals surface area contributed by atoms with Gasteiger partial charge in [-0.25, -0.2) is 9.97 Å². The van der Waals surface area contributed by atoms with Crippen LogP contribution in [-0.4, -0.2) is 19.1 Å². The fourth-order valence-corrected chi connectivity index (χ4v) is 9.87. The third-order valence-corrected chi connectivity index (χ3v) is 12.2. The Kier molecular flexibility index (Phi) is 6.65. The predicted molar refractivity (Wildman–Crippen MR) is 237 cm³/mol. The van der Waals surface area contributed by atoms with Crippen LogP contribution in [0.3, 0.4) is 0 Å². The van der Waals surface area contributed by atoms with E-state index in [0.717, 1.165) is 39.1 Å². The second-order valence-electron chi connectivity index (χ2n) is 15.7. The van der Waals surface area contributed by atoms with Crippen molar-refractivity contribution in [2.24, 2.45) is 0 Å². The van der Waals surface area contributed by atoms with Crippen molar-refractivity contribution in [3.05, 3.63) is 193 Å². The van der Waals surface area contributed by atoms with Gasteiger partial charge in [0.25, 0.3) is 0 Å². The molecule has 1 aliphatic carbocycles. The molecule has 1 aliphatic rings. The molecular weight excluding hydrogens is 693 g/mol. The minimum atomic E-state index is -0.244. The zero-order chi connectivity index (χ0) is 37.8. The normalized spacial score (nSPS) is 13.2. The molecule has 0 radical (unpaired) electrons. The standard InChI is InChI=1S/C53H36N4/c1-53(2)41-28-13-9-24-37(41)45-46-39-26-11-15-30-43(39)57(50(46)47-40-27-12-16-31-44(40)56(51(47)48(45)53)35-21-7-4-8-22-35)36-23-17-20-34(32-36)52-54-42-29-14-10-25-38(42)49(55-52)33-18-5-3-6-19-33/h3-32H,1-2H3. The van der Waals surface area contributed by atoms with Gasteiger partial charge < -0.3 is 9.13 Å². The van der Waals surface area contributed by atoms with E-state index in [4.69, 9.17) is 9.97 Å². The zero-order valence-corrected chi connectivity index (χ0v) is 31.6. The third kappa shape index (κ3) is 4.44. The molecule has 0 aliphatic heterocycles. The molecule has 3 aromatic heterocycles. The monoisotopic (exact) mass is 728 g/mol. The van der Waals surface area contributed by atoms with Gasteiger partial charge >= 0.3 is 0 Å². The Hall–Kier alpha value is -7.30. The summed E-state index contributed by atoms with van der Waals surface area (Å²) < 4.78 is 5.02. The van der Waals surface area contributed by atoms with Gasteiger partial charge in [-0.15, -0.1) is 0 Å². The van der Waals surface area contributed by atoms with Crippen LogP contribution in [0.1, 0.15) is 25.0 Å². The number of nitrogens with zero attached hydrogens (tertiary/aromatic N) is 4. The minimum Gasteiger partial charge on any atom is -0.309 e. The van der Waals surface area contributed by atoms with Crippen LogP contribution < -0.4 is 0 Å². The predicted octanol–water partition coefficient (Wildman–Crippen LogP) is 13.5. The van der Waals surface area contributed by atoms with Crippen molar-refractivity contribution >= 4 is 54.5 Å². The number of rotatable bonds is 4. The fraction of sp³-hybridized carbons (Fsp3) is 0.0566. The van der Waals surface area contributed by atoms with Crippen LogP contribution in [0.15, 0.2) is 182 Å². The first kappa shape index (κ1) is 32.0. The largest absolute Gasteiger partial charge is 0.309 e. The number of aromatic nitrogens is 4. The quantitative estimate of drug-likeness (QED) is 0.181. The molecule has 268 valence electrons. The Bertz CT molecular complexity index is 3420. The summed E-state index contributed by atoms with van der Waals surface area (Å²) in [5.41, 5.74) is 16.1. The summed E-state index contributed by atoms with van der Waals surface area (Å²) in [4.78, 5) is 10.5. The first-order chi connectivity index (χ1) is 28.1. The lowest BCUT2D eigenvalue weighted by molar-refractivity contribution is 0.664. The molecule has 4 nitrogen and oxygen atoms in total. The number of hydrogen-bond acceptors (Lipinski definition) is 2. The van der Waals surface area contributed by atoms with E-state index in [1.54, 1.807) is 0 Å². The number of benzene rings is 8. The van der Waals surface area contributed by atoms with E-state index < -0.39 is 0 Å². The van der Waals surface area contributed by atoms with E-state index in [-0.39, 0.29) is 5.41 Å². The lowest BCUT2D eigenvalue weighted by Gasteiger charge is -2.24. The summed E-state index contributed by atoms with van der Waals surface area (Å²) in [6.07, 6.45) is 0. The van der Waals surface area contributed by atoms with Gasteiger partial charge in [0.2, 0.25) is 0 Å². The van der Waals surface area contributed by atoms with Crippen molar-refractivity contribution in [2.75, 3.05) is 0 Å². The first-order valence-corrected chi connectivity index (χ1v) is 19.7. The molecule has 0 N–H and O–H groups in total. The second-order valence-corrected chi connectivity index (χ2v) is 15.7. The molecule has 0 atom stereocenters. The average molecular weight is 729 g/mol. The van der Waals surface area contributed by atoms with E-state index in [1.165, 1.54) is 65.9 Å². The van der Waals surface area contributed by atoms with Gasteiger partial charge in [0.1, 0.15) is 0 Å². The van der Waals surface area contributed by atoms with Crippen molar-refractivity contribution < 1.29 is 0 Å². The van der Waals surface area contributed by atoms with Crippen molar-refractivity contribution in [3.63, 3.8) is 0 Å². The molecule has 0 unspecified atom stereocenters. The highest BCUT2D eigenvalue weighted by Crippen LogP contribution is 2.58. The Labute approximate surface area is 329 Å². The molecule has 0 spiro atoms. The summed E-state index contributed by atoms with van der Waals surface area (Å²) in [5, 5.41) is 6.08. The molecule has 0 bridgehead atoms. The van der Waals surface area contributed by atoms with E-state index >= 15 is 0 Å². The minimum absolute atomic E-state index is 0.244. The highest BCUT2D eigenvalue weighted by atomic mass is 15.0. The van der Waals surface area contributed by atoms with Crippen molar-refractivity contribution in [1.82, 2.24) is 19.1 Å². The summed E-state index contributed by atoms with van der Waals surface area (Å²) >= 11 is 0. The molecule has 0 fully saturated rings. The van der Waals surface area contributed by atoms with Gasteiger partial charge in [-0.1, -0.05) is 153 Å². The molecule has 8 aromatic carbocycles. The summed E-state index contributed by atoms with van der Waals surface area (Å²) in [7, 11) is 0. The van der Waals surface area contributed by atoms with Gasteiger partial charge in [-0.05, 0) is 64.7 Å². The summed E-state index contributed by atoms with van der Waals surface area (Å²) in [6, 6.07) is 65.4. The van der Waals surface area contributed by atoms with E-state index in [9.17, 15) is 0 Å². The maximum Gasteiger partial charge on any atom is 0.160 e. The Morgan fingerprint density at radius 3 is 1.81 bits per heavy atom. The maximum absolute atomic E-state index is 5.28. The van der Waals surface area contributed by atoms with Crippen molar-refractivity contribution in [3.8, 4) is 45.1 Å². The molecule has 0 saturated carbocycles. The molecule has 0 saturated heterocycles. The number of hydrogen-bond donors (Lipinski definition) is 0. The van der Waals surface area contributed by atoms with E-state index in [1.807, 2.05) is 6.07 Å². The lowest BCUT2D eigenvalue weighted by Crippen LogP contribution is -2.16. The topological polar surface area (TPSA) is 35.6 Å². The molecule has 0 amide bonds. The molecular formula is C53H36N4. The molecule has 12 rings (SSSR count). The van der Waals surface area contributed by atoms with Crippen LogP contribution in [0.4, 0.5) is 0 Å². The highest BCUT2D eigenvalue weighted by Gasteiger charge is 2.41. The summed E-state index contributed by atoms with van der Waals surface area (Å²) in [6.45, 7) is 4.82. The second kappa shape index (κ2) is 11.8. The maximum atomic E-state index is 5.28. The van der Waals surface area contributed by atoms with Crippen LogP contribution in [-0.2, 0) is 5.41 Å². The molecule has 57 heavy (non-hydrogen) atoms. The zero-order valence-electron chi connectivity index (χ0n) is 31.6. The molecule has 4 heteroatoms. The Morgan fingerprint density at radius 2 is 1.04 bits per heavy atom. The van der Waals surface area contributed by atoms with Gasteiger partial charge in [0, 0.05) is 54.8 Å². The van der Waals surface area contributed by atoms with Gasteiger partial charge in [-0.2, -0.15) is 0 Å². The molecule has 3 heterocycles. The average Bonchev–Trinajstić information content (AvgIpc) is 3.87. The van der Waals surface area contributed by atoms with Crippen LogP contribution in [0.5, 0.6) is 0 Å².